The molecule has 0 aliphatic rings. The summed E-state index contributed by atoms with van der Waals surface area (Å²) in [6.07, 6.45) is 4.74. The molecule has 2 heterocycles. The molecule has 4 heteroatoms. The Kier molecular flexibility index (Phi) is 3.42. The van der Waals surface area contributed by atoms with Crippen LogP contribution in [0, 0.1) is 0 Å². The Morgan fingerprint density at radius 3 is 2.78 bits per heavy atom. The van der Waals surface area contributed by atoms with Crippen LogP contribution in [0.15, 0.2) is 61.1 Å². The summed E-state index contributed by atoms with van der Waals surface area (Å²) in [5.41, 5.74) is 5.64. The minimum absolute atomic E-state index is 0.750. The molecule has 0 amide bonds. The van der Waals surface area contributed by atoms with E-state index in [4.69, 9.17) is 4.98 Å². The summed E-state index contributed by atoms with van der Waals surface area (Å²) in [5.74, 6) is 0.864. The van der Waals surface area contributed by atoms with Crippen LogP contribution >= 0.6 is 0 Å². The number of aryl methyl sites for hydroxylation is 1. The summed E-state index contributed by atoms with van der Waals surface area (Å²) >= 11 is 0. The van der Waals surface area contributed by atoms with Gasteiger partial charge in [-0.3, -0.25) is 4.40 Å². The topological polar surface area (TPSA) is 42.2 Å². The molecule has 0 aliphatic carbocycles. The summed E-state index contributed by atoms with van der Waals surface area (Å²) in [6.45, 7) is 2.92. The van der Waals surface area contributed by atoms with E-state index in [0.29, 0.717) is 0 Å². The highest BCUT2D eigenvalue weighted by Crippen LogP contribution is 2.21. The number of nitrogens with zero attached hydrogens (tertiary/aromatic N) is 3. The number of benzene rings is 2. The van der Waals surface area contributed by atoms with E-state index >= 15 is 0 Å². The van der Waals surface area contributed by atoms with Crippen LogP contribution in [-0.4, -0.2) is 14.4 Å². The molecule has 4 nitrogen and oxygen atoms in total. The van der Waals surface area contributed by atoms with Gasteiger partial charge in [-0.15, -0.1) is 0 Å². The number of hydrogen-bond acceptors (Lipinski definition) is 3. The van der Waals surface area contributed by atoms with Crippen molar-refractivity contribution < 1.29 is 0 Å². The van der Waals surface area contributed by atoms with Gasteiger partial charge in [-0.25, -0.2) is 9.97 Å². The third-order valence-electron chi connectivity index (χ3n) is 4.11. The zero-order chi connectivity index (χ0) is 15.6. The van der Waals surface area contributed by atoms with Gasteiger partial charge in [0, 0.05) is 6.54 Å². The van der Waals surface area contributed by atoms with Crippen LogP contribution < -0.4 is 5.32 Å². The van der Waals surface area contributed by atoms with E-state index in [2.05, 4.69) is 52.0 Å². The Bertz CT molecular complexity index is 971. The molecular formula is C19H18N4. The van der Waals surface area contributed by atoms with E-state index in [0.717, 1.165) is 35.3 Å². The SMILES string of the molecule is CCc1cccc(CNc2nc3ccccc3n3cncc23)c1. The van der Waals surface area contributed by atoms with Crippen molar-refractivity contribution in [3.63, 3.8) is 0 Å². The van der Waals surface area contributed by atoms with Crippen LogP contribution in [0.2, 0.25) is 0 Å². The first kappa shape index (κ1) is 13.8. The van der Waals surface area contributed by atoms with Crippen LogP contribution in [-0.2, 0) is 13.0 Å². The molecule has 0 fully saturated rings. The number of para-hydroxylation sites is 2. The molecule has 4 aromatic rings. The molecule has 1 N–H and O–H groups in total. The van der Waals surface area contributed by atoms with Gasteiger partial charge in [-0.2, -0.15) is 0 Å². The maximum atomic E-state index is 4.76. The van der Waals surface area contributed by atoms with Gasteiger partial charge < -0.3 is 5.32 Å². The molecule has 0 aliphatic heterocycles. The molecule has 0 unspecified atom stereocenters. The fourth-order valence-electron chi connectivity index (χ4n) is 2.88. The predicted molar refractivity (Wildman–Crippen MR) is 93.6 cm³/mol. The Labute approximate surface area is 134 Å². The van der Waals surface area contributed by atoms with Crippen LogP contribution in [0.4, 0.5) is 5.82 Å². The molecule has 2 aromatic heterocycles. The van der Waals surface area contributed by atoms with Gasteiger partial charge >= 0.3 is 0 Å². The van der Waals surface area contributed by atoms with Gasteiger partial charge in [0.25, 0.3) is 0 Å². The first-order valence-electron chi connectivity index (χ1n) is 7.87. The third-order valence-corrected chi connectivity index (χ3v) is 4.11. The maximum absolute atomic E-state index is 4.76. The number of nitrogens with one attached hydrogen (secondary N) is 1. The lowest BCUT2D eigenvalue weighted by atomic mass is 10.1. The van der Waals surface area contributed by atoms with Crippen molar-refractivity contribution in [1.29, 1.82) is 0 Å². The predicted octanol–water partition coefficient (Wildman–Crippen LogP) is 4.06. The zero-order valence-electron chi connectivity index (χ0n) is 13.0. The van der Waals surface area contributed by atoms with Crippen molar-refractivity contribution in [3.8, 4) is 0 Å². The van der Waals surface area contributed by atoms with E-state index < -0.39 is 0 Å². The number of anilines is 1. The lowest BCUT2D eigenvalue weighted by Gasteiger charge is -2.10. The minimum Gasteiger partial charge on any atom is -0.364 e. The van der Waals surface area contributed by atoms with Crippen molar-refractivity contribution in [1.82, 2.24) is 14.4 Å². The fourth-order valence-corrected chi connectivity index (χ4v) is 2.88. The number of imidazole rings is 1. The average Bonchev–Trinajstić information content (AvgIpc) is 3.10. The molecule has 0 radical (unpaired) electrons. The van der Waals surface area contributed by atoms with Gasteiger partial charge in [-0.05, 0) is 29.7 Å². The van der Waals surface area contributed by atoms with Crippen molar-refractivity contribution in [2.75, 3.05) is 5.32 Å². The number of fused-ring (bicyclic) bond motifs is 3. The minimum atomic E-state index is 0.750. The first-order chi connectivity index (χ1) is 11.3. The highest BCUT2D eigenvalue weighted by molar-refractivity contribution is 5.84. The molecule has 0 saturated heterocycles. The Hall–Kier alpha value is -2.88. The number of aromatic nitrogens is 3. The Morgan fingerprint density at radius 1 is 1.00 bits per heavy atom. The molecule has 0 saturated carbocycles. The van der Waals surface area contributed by atoms with E-state index in [1.165, 1.54) is 11.1 Å². The molecule has 2 aromatic carbocycles. The van der Waals surface area contributed by atoms with Crippen LogP contribution in [0.3, 0.4) is 0 Å². The monoisotopic (exact) mass is 302 g/mol. The van der Waals surface area contributed by atoms with E-state index in [-0.39, 0.29) is 0 Å². The van der Waals surface area contributed by atoms with Crippen LogP contribution in [0.25, 0.3) is 16.6 Å². The van der Waals surface area contributed by atoms with Gasteiger partial charge in [0.2, 0.25) is 0 Å². The van der Waals surface area contributed by atoms with Crippen molar-refractivity contribution in [2.45, 2.75) is 19.9 Å². The number of rotatable bonds is 4. The molecule has 0 atom stereocenters. The molecule has 4 rings (SSSR count). The normalized spacial score (nSPS) is 11.2. The largest absolute Gasteiger partial charge is 0.364 e. The smallest absolute Gasteiger partial charge is 0.153 e. The summed E-state index contributed by atoms with van der Waals surface area (Å²) < 4.78 is 2.08. The lowest BCUT2D eigenvalue weighted by molar-refractivity contribution is 1.08. The Balaban J connectivity index is 1.71. The van der Waals surface area contributed by atoms with Crippen molar-refractivity contribution in [2.24, 2.45) is 0 Å². The second-order valence-electron chi connectivity index (χ2n) is 5.63. The molecule has 0 spiro atoms. The third kappa shape index (κ3) is 2.52. The number of hydrogen-bond donors (Lipinski definition) is 1. The van der Waals surface area contributed by atoms with Gasteiger partial charge in [0.1, 0.15) is 5.52 Å². The lowest BCUT2D eigenvalue weighted by Crippen LogP contribution is -2.04. The first-order valence-corrected chi connectivity index (χ1v) is 7.87. The fraction of sp³-hybridized carbons (Fsp3) is 0.158. The summed E-state index contributed by atoms with van der Waals surface area (Å²) in [5, 5.41) is 3.46. The van der Waals surface area contributed by atoms with Crippen LogP contribution in [0.5, 0.6) is 0 Å². The van der Waals surface area contributed by atoms with Gasteiger partial charge in [0.15, 0.2) is 5.82 Å². The summed E-state index contributed by atoms with van der Waals surface area (Å²) in [7, 11) is 0. The molecule has 0 bridgehead atoms. The van der Waals surface area contributed by atoms with Crippen molar-refractivity contribution >= 4 is 22.4 Å². The van der Waals surface area contributed by atoms with Gasteiger partial charge in [-0.1, -0.05) is 43.3 Å². The highest BCUT2D eigenvalue weighted by atomic mass is 15.1. The summed E-state index contributed by atoms with van der Waals surface area (Å²) in [6, 6.07) is 16.8. The zero-order valence-corrected chi connectivity index (χ0v) is 13.0. The highest BCUT2D eigenvalue weighted by Gasteiger charge is 2.08. The van der Waals surface area contributed by atoms with Gasteiger partial charge in [0.05, 0.1) is 23.6 Å². The average molecular weight is 302 g/mol. The second kappa shape index (κ2) is 5.72. The van der Waals surface area contributed by atoms with E-state index in [1.54, 1.807) is 0 Å². The molecule has 23 heavy (non-hydrogen) atoms. The molecule has 114 valence electrons. The second-order valence-corrected chi connectivity index (χ2v) is 5.63. The van der Waals surface area contributed by atoms with Crippen molar-refractivity contribution in [3.05, 3.63) is 72.2 Å². The van der Waals surface area contributed by atoms with E-state index in [9.17, 15) is 0 Å². The standard InChI is InChI=1S/C19H18N4/c1-2-14-6-5-7-15(10-14)11-21-19-18-12-20-13-23(18)17-9-4-3-8-16(17)22-19/h3-10,12-13H,2,11H2,1H3,(H,21,22). The quantitative estimate of drug-likeness (QED) is 0.618. The van der Waals surface area contributed by atoms with Crippen LogP contribution in [0.1, 0.15) is 18.1 Å². The molecular weight excluding hydrogens is 284 g/mol. The maximum Gasteiger partial charge on any atom is 0.153 e. The Morgan fingerprint density at radius 2 is 1.87 bits per heavy atom. The summed E-state index contributed by atoms with van der Waals surface area (Å²) in [4.78, 5) is 9.04. The van der Waals surface area contributed by atoms with E-state index in [1.807, 2.05) is 30.7 Å².